The highest BCUT2D eigenvalue weighted by Gasteiger charge is 2.21. The molecule has 3 N–H and O–H groups in total. The van der Waals surface area contributed by atoms with Crippen molar-refractivity contribution in [1.29, 1.82) is 0 Å². The number of aromatic nitrogens is 1. The number of rotatable bonds is 5. The smallest absolute Gasteiger partial charge is 0.218 e. The van der Waals surface area contributed by atoms with Crippen LogP contribution in [-0.2, 0) is 0 Å². The Bertz CT molecular complexity index is 306. The van der Waals surface area contributed by atoms with E-state index in [9.17, 15) is 10.2 Å². The number of hydrogen-bond acceptors (Lipinski definition) is 5. The molecule has 1 rings (SSSR count). The van der Waals surface area contributed by atoms with E-state index in [1.165, 1.54) is 7.11 Å². The molecule has 0 radical (unpaired) electrons. The third kappa shape index (κ3) is 2.89. The molecule has 1 aromatic rings. The molecular formula is C10H16N2O3. The summed E-state index contributed by atoms with van der Waals surface area (Å²) in [6, 6.07) is 3.36. The number of aliphatic hydroxyl groups is 2. The van der Waals surface area contributed by atoms with Gasteiger partial charge in [0.05, 0.1) is 13.2 Å². The number of hydrogen-bond donors (Lipinski definition) is 3. The number of nitrogens with one attached hydrogen (secondary N) is 1. The molecule has 1 aromatic heterocycles. The first-order chi connectivity index (χ1) is 7.20. The maximum Gasteiger partial charge on any atom is 0.218 e. The van der Waals surface area contributed by atoms with E-state index in [2.05, 4.69) is 10.3 Å². The van der Waals surface area contributed by atoms with Crippen LogP contribution in [0.1, 0.15) is 11.7 Å². The van der Waals surface area contributed by atoms with Crippen LogP contribution in [0.4, 0.5) is 0 Å². The average molecular weight is 212 g/mol. The second-order valence-corrected chi connectivity index (χ2v) is 3.17. The lowest BCUT2D eigenvalue weighted by atomic mass is 10.1. The predicted molar refractivity (Wildman–Crippen MR) is 55.7 cm³/mol. The average Bonchev–Trinajstić information content (AvgIpc) is 2.28. The molecule has 0 amide bonds. The van der Waals surface area contributed by atoms with Crippen molar-refractivity contribution in [2.75, 3.05) is 20.7 Å². The lowest BCUT2D eigenvalue weighted by Gasteiger charge is -2.18. The van der Waals surface area contributed by atoms with Gasteiger partial charge in [0.15, 0.2) is 0 Å². The van der Waals surface area contributed by atoms with Crippen LogP contribution in [0.2, 0.25) is 0 Å². The zero-order valence-corrected chi connectivity index (χ0v) is 8.84. The lowest BCUT2D eigenvalue weighted by molar-refractivity contribution is 0.0185. The number of nitrogens with zero attached hydrogens (tertiary/aromatic N) is 1. The molecule has 0 saturated carbocycles. The Labute approximate surface area is 88.7 Å². The van der Waals surface area contributed by atoms with Crippen molar-refractivity contribution in [3.63, 3.8) is 0 Å². The molecule has 84 valence electrons. The highest BCUT2D eigenvalue weighted by atomic mass is 16.5. The zero-order chi connectivity index (χ0) is 11.3. The van der Waals surface area contributed by atoms with Crippen molar-refractivity contribution in [1.82, 2.24) is 10.3 Å². The highest BCUT2D eigenvalue weighted by Crippen LogP contribution is 2.24. The van der Waals surface area contributed by atoms with Crippen LogP contribution < -0.4 is 10.1 Å². The quantitative estimate of drug-likeness (QED) is 0.625. The molecule has 0 aliphatic heterocycles. The Morgan fingerprint density at radius 2 is 2.27 bits per heavy atom. The number of ether oxygens (including phenoxy) is 1. The summed E-state index contributed by atoms with van der Waals surface area (Å²) < 4.78 is 4.99. The molecule has 1 heterocycles. The largest absolute Gasteiger partial charge is 0.481 e. The van der Waals surface area contributed by atoms with E-state index < -0.39 is 12.2 Å². The Morgan fingerprint density at radius 3 is 2.87 bits per heavy atom. The van der Waals surface area contributed by atoms with Gasteiger partial charge in [-0.15, -0.1) is 0 Å². The molecule has 15 heavy (non-hydrogen) atoms. The molecule has 0 aromatic carbocycles. The van der Waals surface area contributed by atoms with E-state index in [1.54, 1.807) is 25.4 Å². The van der Waals surface area contributed by atoms with Crippen molar-refractivity contribution in [2.45, 2.75) is 12.2 Å². The molecule has 0 fully saturated rings. The third-order valence-electron chi connectivity index (χ3n) is 2.09. The second-order valence-electron chi connectivity index (χ2n) is 3.17. The maximum atomic E-state index is 9.82. The second kappa shape index (κ2) is 5.65. The van der Waals surface area contributed by atoms with Crippen molar-refractivity contribution in [3.05, 3.63) is 23.9 Å². The van der Waals surface area contributed by atoms with E-state index in [4.69, 9.17) is 4.74 Å². The Balaban J connectivity index is 2.84. The Morgan fingerprint density at radius 1 is 1.53 bits per heavy atom. The fraction of sp³-hybridized carbons (Fsp3) is 0.500. The van der Waals surface area contributed by atoms with Gasteiger partial charge in [0.2, 0.25) is 5.88 Å². The minimum Gasteiger partial charge on any atom is -0.481 e. The number of likely N-dealkylation sites (N-methyl/N-ethyl adjacent to an activating group) is 1. The highest BCUT2D eigenvalue weighted by molar-refractivity contribution is 5.28. The summed E-state index contributed by atoms with van der Waals surface area (Å²) >= 11 is 0. The summed E-state index contributed by atoms with van der Waals surface area (Å²) in [5.74, 6) is 0.333. The minimum absolute atomic E-state index is 0.305. The normalized spacial score (nSPS) is 14.7. The molecule has 5 nitrogen and oxygen atoms in total. The van der Waals surface area contributed by atoms with Gasteiger partial charge in [-0.05, 0) is 19.2 Å². The van der Waals surface area contributed by atoms with Gasteiger partial charge in [0.1, 0.15) is 6.10 Å². The molecule has 5 heteroatoms. The van der Waals surface area contributed by atoms with Crippen LogP contribution in [0, 0.1) is 0 Å². The van der Waals surface area contributed by atoms with Crippen LogP contribution in [0.25, 0.3) is 0 Å². The first kappa shape index (κ1) is 11.9. The van der Waals surface area contributed by atoms with Crippen molar-refractivity contribution >= 4 is 0 Å². The van der Waals surface area contributed by atoms with Crippen LogP contribution in [-0.4, -0.2) is 42.0 Å². The molecule has 2 unspecified atom stereocenters. The zero-order valence-electron chi connectivity index (χ0n) is 8.84. The summed E-state index contributed by atoms with van der Waals surface area (Å²) in [7, 11) is 3.18. The van der Waals surface area contributed by atoms with Crippen LogP contribution >= 0.6 is 0 Å². The SMILES string of the molecule is CNCC(O)C(O)c1cccnc1OC. The Kier molecular flexibility index (Phi) is 4.48. The summed E-state index contributed by atoms with van der Waals surface area (Å²) in [4.78, 5) is 3.95. The van der Waals surface area contributed by atoms with Gasteiger partial charge < -0.3 is 20.3 Å². The fourth-order valence-electron chi connectivity index (χ4n) is 1.33. The van der Waals surface area contributed by atoms with Gasteiger partial charge in [-0.25, -0.2) is 4.98 Å². The van der Waals surface area contributed by atoms with Gasteiger partial charge >= 0.3 is 0 Å². The van der Waals surface area contributed by atoms with Gasteiger partial charge in [-0.1, -0.05) is 0 Å². The molecule has 0 bridgehead atoms. The van der Waals surface area contributed by atoms with Gasteiger partial charge in [0, 0.05) is 18.3 Å². The van der Waals surface area contributed by atoms with E-state index in [0.717, 1.165) is 0 Å². The van der Waals surface area contributed by atoms with Gasteiger partial charge in [-0.3, -0.25) is 0 Å². The minimum atomic E-state index is -0.999. The van der Waals surface area contributed by atoms with E-state index in [1.807, 2.05) is 0 Å². The number of methoxy groups -OCH3 is 1. The maximum absolute atomic E-state index is 9.82. The van der Waals surface area contributed by atoms with Crippen LogP contribution in [0.15, 0.2) is 18.3 Å². The summed E-state index contributed by atoms with van der Waals surface area (Å²) in [6.45, 7) is 0.305. The van der Waals surface area contributed by atoms with Crippen LogP contribution in [0.5, 0.6) is 5.88 Å². The number of pyridine rings is 1. The van der Waals surface area contributed by atoms with Crippen molar-refractivity contribution in [2.24, 2.45) is 0 Å². The summed E-state index contributed by atoms with van der Waals surface area (Å²) in [6.07, 6.45) is -0.311. The van der Waals surface area contributed by atoms with E-state index in [-0.39, 0.29) is 0 Å². The summed E-state index contributed by atoms with van der Waals surface area (Å²) in [5.41, 5.74) is 0.489. The third-order valence-corrected chi connectivity index (χ3v) is 2.09. The lowest BCUT2D eigenvalue weighted by Crippen LogP contribution is -2.29. The first-order valence-corrected chi connectivity index (χ1v) is 4.70. The van der Waals surface area contributed by atoms with Gasteiger partial charge in [-0.2, -0.15) is 0 Å². The van der Waals surface area contributed by atoms with Crippen LogP contribution in [0.3, 0.4) is 0 Å². The molecule has 0 saturated heterocycles. The molecular weight excluding hydrogens is 196 g/mol. The van der Waals surface area contributed by atoms with Crippen molar-refractivity contribution in [3.8, 4) is 5.88 Å². The first-order valence-electron chi connectivity index (χ1n) is 4.70. The standard InChI is InChI=1S/C10H16N2O3/c1-11-6-8(13)9(14)7-4-3-5-12-10(7)15-2/h3-5,8-9,11,13-14H,6H2,1-2H3. The molecule has 0 spiro atoms. The molecule has 0 aliphatic rings. The molecule has 2 atom stereocenters. The predicted octanol–water partition coefficient (Wildman–Crippen LogP) is -0.296. The van der Waals surface area contributed by atoms with Crippen molar-refractivity contribution < 1.29 is 14.9 Å². The monoisotopic (exact) mass is 212 g/mol. The fourth-order valence-corrected chi connectivity index (χ4v) is 1.33. The van der Waals surface area contributed by atoms with Gasteiger partial charge in [0.25, 0.3) is 0 Å². The molecule has 0 aliphatic carbocycles. The number of aliphatic hydroxyl groups excluding tert-OH is 2. The Hall–Kier alpha value is -1.17. The van der Waals surface area contributed by atoms with E-state index >= 15 is 0 Å². The van der Waals surface area contributed by atoms with E-state index in [0.29, 0.717) is 18.0 Å². The topological polar surface area (TPSA) is 74.6 Å². The summed E-state index contributed by atoms with van der Waals surface area (Å²) in [5, 5.41) is 22.2.